The highest BCUT2D eigenvalue weighted by atomic mass is 19.3. The van der Waals surface area contributed by atoms with Crippen LogP contribution < -0.4 is 5.32 Å². The van der Waals surface area contributed by atoms with Gasteiger partial charge in [-0.1, -0.05) is 13.0 Å². The number of halogens is 2. The molecule has 2 nitrogen and oxygen atoms in total. The van der Waals surface area contributed by atoms with E-state index in [2.05, 4.69) is 10.3 Å². The minimum Gasteiger partial charge on any atom is -0.364 e. The van der Waals surface area contributed by atoms with Crippen molar-refractivity contribution < 1.29 is 8.78 Å². The van der Waals surface area contributed by atoms with Gasteiger partial charge in [-0.2, -0.15) is 0 Å². The molecule has 1 N–H and O–H groups in total. The number of hydrogen-bond donors (Lipinski definition) is 1. The van der Waals surface area contributed by atoms with Crippen molar-refractivity contribution in [1.29, 1.82) is 0 Å². The molecule has 0 atom stereocenters. The fraction of sp³-hybridized carbons (Fsp3) is 0.444. The maximum absolute atomic E-state index is 12.7. The molecule has 0 saturated heterocycles. The van der Waals surface area contributed by atoms with Gasteiger partial charge in [0.25, 0.3) is 5.92 Å². The average Bonchev–Trinajstić information content (AvgIpc) is 2.17. The van der Waals surface area contributed by atoms with Crippen molar-refractivity contribution in [3.05, 3.63) is 24.4 Å². The summed E-state index contributed by atoms with van der Waals surface area (Å²) in [6.45, 7) is 1.10. The number of rotatable bonds is 4. The molecule has 0 saturated carbocycles. The van der Waals surface area contributed by atoms with Gasteiger partial charge in [0.1, 0.15) is 5.82 Å². The summed E-state index contributed by atoms with van der Waals surface area (Å²) in [4.78, 5) is 3.87. The van der Waals surface area contributed by atoms with Gasteiger partial charge >= 0.3 is 0 Å². The Balaban J connectivity index is 2.44. The highest BCUT2D eigenvalue weighted by Crippen LogP contribution is 2.17. The molecule has 0 radical (unpaired) electrons. The van der Waals surface area contributed by atoms with Gasteiger partial charge in [0.15, 0.2) is 0 Å². The van der Waals surface area contributed by atoms with Crippen LogP contribution in [0.5, 0.6) is 0 Å². The van der Waals surface area contributed by atoms with Gasteiger partial charge in [-0.3, -0.25) is 0 Å². The fourth-order valence-electron chi connectivity index (χ4n) is 0.812. The Labute approximate surface area is 76.0 Å². The predicted octanol–water partition coefficient (Wildman–Crippen LogP) is 2.54. The van der Waals surface area contributed by atoms with Crippen molar-refractivity contribution in [3.63, 3.8) is 0 Å². The van der Waals surface area contributed by atoms with E-state index < -0.39 is 5.92 Å². The van der Waals surface area contributed by atoms with E-state index in [0.29, 0.717) is 5.82 Å². The SMILES string of the molecule is CCC(F)(F)CNc1ccccn1. The number of alkyl halides is 2. The second-order valence-electron chi connectivity index (χ2n) is 2.78. The highest BCUT2D eigenvalue weighted by Gasteiger charge is 2.25. The molecule has 0 bridgehead atoms. The van der Waals surface area contributed by atoms with E-state index >= 15 is 0 Å². The molecule has 4 heteroatoms. The maximum Gasteiger partial charge on any atom is 0.264 e. The summed E-state index contributed by atoms with van der Waals surface area (Å²) in [5.41, 5.74) is 0. The first-order valence-corrected chi connectivity index (χ1v) is 4.17. The molecule has 0 aromatic carbocycles. The van der Waals surface area contributed by atoms with E-state index in [9.17, 15) is 8.78 Å². The Morgan fingerprint density at radius 3 is 2.77 bits per heavy atom. The van der Waals surface area contributed by atoms with Crippen LogP contribution in [0.2, 0.25) is 0 Å². The van der Waals surface area contributed by atoms with Crippen LogP contribution in [0.4, 0.5) is 14.6 Å². The Hall–Kier alpha value is -1.19. The Morgan fingerprint density at radius 1 is 1.46 bits per heavy atom. The second kappa shape index (κ2) is 4.16. The molecule has 1 heterocycles. The van der Waals surface area contributed by atoms with E-state index in [1.54, 1.807) is 24.4 Å². The molecule has 0 spiro atoms. The zero-order valence-electron chi connectivity index (χ0n) is 7.43. The Morgan fingerprint density at radius 2 is 2.23 bits per heavy atom. The molecule has 1 aromatic heterocycles. The predicted molar refractivity (Wildman–Crippen MR) is 48.0 cm³/mol. The standard InChI is InChI=1S/C9H12F2N2/c1-2-9(10,11)7-13-8-5-3-4-6-12-8/h3-6H,2,7H2,1H3,(H,12,13). The minimum absolute atomic E-state index is 0.160. The van der Waals surface area contributed by atoms with Crippen LogP contribution in [0.3, 0.4) is 0 Å². The molecule has 0 amide bonds. The maximum atomic E-state index is 12.7. The van der Waals surface area contributed by atoms with Crippen molar-refractivity contribution in [1.82, 2.24) is 4.98 Å². The van der Waals surface area contributed by atoms with Crippen molar-refractivity contribution >= 4 is 5.82 Å². The molecule has 0 aliphatic heterocycles. The number of nitrogens with one attached hydrogen (secondary N) is 1. The first kappa shape index (κ1) is 9.89. The van der Waals surface area contributed by atoms with Crippen LogP contribution in [-0.2, 0) is 0 Å². The fourth-order valence-corrected chi connectivity index (χ4v) is 0.812. The van der Waals surface area contributed by atoms with Crippen LogP contribution >= 0.6 is 0 Å². The summed E-state index contributed by atoms with van der Waals surface area (Å²) in [6.07, 6.45) is 1.40. The van der Waals surface area contributed by atoms with Gasteiger partial charge < -0.3 is 5.32 Å². The third-order valence-corrected chi connectivity index (χ3v) is 1.71. The zero-order valence-corrected chi connectivity index (χ0v) is 7.43. The average molecular weight is 186 g/mol. The number of pyridine rings is 1. The lowest BCUT2D eigenvalue weighted by Crippen LogP contribution is -2.26. The third-order valence-electron chi connectivity index (χ3n) is 1.71. The molecular weight excluding hydrogens is 174 g/mol. The quantitative estimate of drug-likeness (QED) is 0.781. The summed E-state index contributed by atoms with van der Waals surface area (Å²) in [5.74, 6) is -2.17. The first-order chi connectivity index (χ1) is 6.14. The van der Waals surface area contributed by atoms with Crippen LogP contribution in [0.25, 0.3) is 0 Å². The molecule has 0 aliphatic carbocycles. The smallest absolute Gasteiger partial charge is 0.264 e. The van der Waals surface area contributed by atoms with Crippen LogP contribution in [0.1, 0.15) is 13.3 Å². The van der Waals surface area contributed by atoms with Crippen molar-refractivity contribution in [2.45, 2.75) is 19.3 Å². The Kier molecular flexibility index (Phi) is 3.17. The lowest BCUT2D eigenvalue weighted by molar-refractivity contribution is 0.0115. The largest absolute Gasteiger partial charge is 0.364 e. The van der Waals surface area contributed by atoms with Gasteiger partial charge in [-0.25, -0.2) is 13.8 Å². The molecule has 13 heavy (non-hydrogen) atoms. The van der Waals surface area contributed by atoms with Gasteiger partial charge in [0.2, 0.25) is 0 Å². The van der Waals surface area contributed by atoms with Crippen LogP contribution in [0.15, 0.2) is 24.4 Å². The lowest BCUT2D eigenvalue weighted by atomic mass is 10.2. The normalized spacial score (nSPS) is 11.3. The molecule has 1 rings (SSSR count). The summed E-state index contributed by atoms with van der Waals surface area (Å²) in [6, 6.07) is 5.15. The van der Waals surface area contributed by atoms with Gasteiger partial charge in [-0.05, 0) is 12.1 Å². The van der Waals surface area contributed by atoms with Gasteiger partial charge in [-0.15, -0.1) is 0 Å². The van der Waals surface area contributed by atoms with Crippen LogP contribution in [0, 0.1) is 0 Å². The van der Waals surface area contributed by atoms with Crippen LogP contribution in [-0.4, -0.2) is 17.5 Å². The number of aromatic nitrogens is 1. The summed E-state index contributed by atoms with van der Waals surface area (Å²) >= 11 is 0. The second-order valence-corrected chi connectivity index (χ2v) is 2.78. The molecular formula is C9H12F2N2. The minimum atomic E-state index is -2.66. The van der Waals surface area contributed by atoms with E-state index in [-0.39, 0.29) is 13.0 Å². The highest BCUT2D eigenvalue weighted by molar-refractivity contribution is 5.33. The molecule has 0 aliphatic rings. The van der Waals surface area contributed by atoms with E-state index in [1.165, 1.54) is 6.92 Å². The number of anilines is 1. The van der Waals surface area contributed by atoms with E-state index in [4.69, 9.17) is 0 Å². The van der Waals surface area contributed by atoms with Gasteiger partial charge in [0.05, 0.1) is 6.54 Å². The van der Waals surface area contributed by atoms with Gasteiger partial charge in [0, 0.05) is 12.6 Å². The summed E-state index contributed by atoms with van der Waals surface area (Å²) in [7, 11) is 0. The van der Waals surface area contributed by atoms with Crippen molar-refractivity contribution in [2.24, 2.45) is 0 Å². The molecule has 0 fully saturated rings. The molecule has 1 aromatic rings. The third kappa shape index (κ3) is 3.36. The summed E-state index contributed by atoms with van der Waals surface area (Å²) < 4.78 is 25.5. The first-order valence-electron chi connectivity index (χ1n) is 4.17. The molecule has 72 valence electrons. The van der Waals surface area contributed by atoms with Crippen molar-refractivity contribution in [2.75, 3.05) is 11.9 Å². The van der Waals surface area contributed by atoms with Crippen molar-refractivity contribution in [3.8, 4) is 0 Å². The topological polar surface area (TPSA) is 24.9 Å². The summed E-state index contributed by atoms with van der Waals surface area (Å²) in [5, 5.41) is 2.57. The molecule has 0 unspecified atom stereocenters. The number of nitrogens with zero attached hydrogens (tertiary/aromatic N) is 1. The Bertz CT molecular complexity index is 249. The monoisotopic (exact) mass is 186 g/mol. The zero-order chi connectivity index (χ0) is 9.73. The number of hydrogen-bond acceptors (Lipinski definition) is 2. The van der Waals surface area contributed by atoms with E-state index in [1.807, 2.05) is 0 Å². The lowest BCUT2D eigenvalue weighted by Gasteiger charge is -2.14. The van der Waals surface area contributed by atoms with E-state index in [0.717, 1.165) is 0 Å².